The molecule has 0 aliphatic carbocycles. The highest BCUT2D eigenvalue weighted by Gasteiger charge is 1.87. The fourth-order valence-corrected chi connectivity index (χ4v) is 0. The highest BCUT2D eigenvalue weighted by Crippen LogP contribution is 1.85. The summed E-state index contributed by atoms with van der Waals surface area (Å²) in [7, 11) is 0.713. The molecule has 0 spiro atoms. The molecule has 1 unspecified atom stereocenters. The van der Waals surface area contributed by atoms with Gasteiger partial charge in [-0.25, -0.2) is 0 Å². The fraction of sp³-hybridized carbons (Fsp3) is 1.00. The van der Waals surface area contributed by atoms with E-state index in [1.807, 2.05) is 0 Å². The molecular formula is CH6Cl2Si2. The first-order valence-corrected chi connectivity index (χ1v) is 6.02. The summed E-state index contributed by atoms with van der Waals surface area (Å²) in [5.74, 6) is 0. The summed E-state index contributed by atoms with van der Waals surface area (Å²) in [6.45, 7) is 0. The van der Waals surface area contributed by atoms with Gasteiger partial charge in [0.05, 0.1) is 0 Å². The van der Waals surface area contributed by atoms with E-state index >= 15 is 0 Å². The van der Waals surface area contributed by atoms with Crippen molar-refractivity contribution >= 4 is 41.8 Å². The Morgan fingerprint density at radius 1 is 1.80 bits per heavy atom. The minimum atomic E-state index is -0.352. The lowest BCUT2D eigenvalue weighted by molar-refractivity contribution is 1.93. The lowest BCUT2D eigenvalue weighted by Gasteiger charge is -1.83. The molecule has 0 saturated heterocycles. The van der Waals surface area contributed by atoms with Crippen LogP contribution in [0.2, 0.25) is 0 Å². The third-order valence-corrected chi connectivity index (χ3v) is 5.74. The molecule has 0 aromatic heterocycles. The molecule has 1 atom stereocenters. The van der Waals surface area contributed by atoms with Crippen LogP contribution in [0.5, 0.6) is 0 Å². The maximum absolute atomic E-state index is 5.45. The summed E-state index contributed by atoms with van der Waals surface area (Å²) in [6.07, 6.45) is 0. The first kappa shape index (κ1) is 6.01. The standard InChI is InChI=1S/CH6Cl2Si2/c2-1(4)5-3/h1H,5H2,4H3. The first-order chi connectivity index (χ1) is 2.27. The number of rotatable bonds is 1. The number of halogens is 2. The molecule has 5 heavy (non-hydrogen) atoms. The zero-order chi connectivity index (χ0) is 4.28. The van der Waals surface area contributed by atoms with Crippen molar-refractivity contribution in [2.24, 2.45) is 0 Å². The summed E-state index contributed by atoms with van der Waals surface area (Å²) in [5.41, 5.74) is 0. The van der Waals surface area contributed by atoms with Crippen LogP contribution in [-0.2, 0) is 0 Å². The molecule has 0 saturated carbocycles. The fourth-order valence-electron chi connectivity index (χ4n) is 0. The molecule has 4 heteroatoms. The van der Waals surface area contributed by atoms with Gasteiger partial charge in [0.1, 0.15) is 8.83 Å². The van der Waals surface area contributed by atoms with Crippen molar-refractivity contribution < 1.29 is 0 Å². The van der Waals surface area contributed by atoms with E-state index in [1.54, 1.807) is 0 Å². The third-order valence-electron chi connectivity index (χ3n) is 0.213. The van der Waals surface area contributed by atoms with Crippen LogP contribution in [0.15, 0.2) is 0 Å². The molecule has 0 bridgehead atoms. The highest BCUT2D eigenvalue weighted by molar-refractivity contribution is 7.01. The average molecular weight is 145 g/mol. The maximum Gasteiger partial charge on any atom is 0.139 e. The Kier molecular flexibility index (Phi) is 3.86. The third kappa shape index (κ3) is 5.01. The monoisotopic (exact) mass is 144 g/mol. The molecule has 0 N–H and O–H groups in total. The van der Waals surface area contributed by atoms with Crippen LogP contribution >= 0.6 is 22.7 Å². The smallest absolute Gasteiger partial charge is 0.139 e. The van der Waals surface area contributed by atoms with Crippen molar-refractivity contribution in [3.63, 3.8) is 0 Å². The summed E-state index contributed by atoms with van der Waals surface area (Å²) in [4.78, 5) is 0. The summed E-state index contributed by atoms with van der Waals surface area (Å²) in [5, 5.41) is 0. The van der Waals surface area contributed by atoms with Crippen LogP contribution in [-0.4, -0.2) is 23.7 Å². The van der Waals surface area contributed by atoms with Crippen LogP contribution in [0.25, 0.3) is 0 Å². The molecule has 0 rings (SSSR count). The van der Waals surface area contributed by atoms with E-state index in [4.69, 9.17) is 22.7 Å². The molecule has 0 aromatic rings. The van der Waals surface area contributed by atoms with Crippen molar-refractivity contribution in [2.75, 3.05) is 0 Å². The van der Waals surface area contributed by atoms with Gasteiger partial charge in [-0.05, 0) is 0 Å². The van der Waals surface area contributed by atoms with Gasteiger partial charge in [0, 0.05) is 14.9 Å². The predicted octanol–water partition coefficient (Wildman–Crippen LogP) is -0.803. The van der Waals surface area contributed by atoms with Crippen LogP contribution in [0.1, 0.15) is 0 Å². The number of hydrogen-bond acceptors (Lipinski definition) is 0. The second-order valence-corrected chi connectivity index (χ2v) is 8.42. The quantitative estimate of drug-likeness (QED) is 0.257. The molecule has 0 fully saturated rings. The maximum atomic E-state index is 5.45. The zero-order valence-electron chi connectivity index (χ0n) is 3.04. The van der Waals surface area contributed by atoms with E-state index in [0.29, 0.717) is 4.62 Å². The Balaban J connectivity index is 2.54. The Morgan fingerprint density at radius 3 is 2.00 bits per heavy atom. The SMILES string of the molecule is [SiH3]C(Cl)[SiH2]Cl. The summed E-state index contributed by atoms with van der Waals surface area (Å²) < 4.78 is 0.400. The summed E-state index contributed by atoms with van der Waals surface area (Å²) >= 11 is 10.8. The predicted molar refractivity (Wildman–Crippen MR) is 34.0 cm³/mol. The van der Waals surface area contributed by atoms with Gasteiger partial charge in [-0.1, -0.05) is 0 Å². The van der Waals surface area contributed by atoms with E-state index in [9.17, 15) is 0 Å². The van der Waals surface area contributed by atoms with E-state index in [1.165, 1.54) is 0 Å². The molecule has 0 aliphatic heterocycles. The molecule has 0 aliphatic rings. The Morgan fingerprint density at radius 2 is 2.00 bits per heavy atom. The summed E-state index contributed by atoms with van der Waals surface area (Å²) in [6, 6.07) is 0. The van der Waals surface area contributed by atoms with Gasteiger partial charge in [0.15, 0.2) is 0 Å². The molecule has 0 heterocycles. The largest absolute Gasteiger partial charge is 0.175 e. The second-order valence-electron chi connectivity index (χ2n) is 0.935. The molecule has 32 valence electrons. The normalized spacial score (nSPS) is 18.0. The lowest BCUT2D eigenvalue weighted by atomic mass is 11.8. The van der Waals surface area contributed by atoms with E-state index in [0.717, 1.165) is 10.2 Å². The van der Waals surface area contributed by atoms with E-state index in [-0.39, 0.29) is 8.83 Å². The van der Waals surface area contributed by atoms with Crippen LogP contribution in [0.3, 0.4) is 0 Å². The number of alkyl halides is 1. The van der Waals surface area contributed by atoms with Gasteiger partial charge in [-0.2, -0.15) is 11.1 Å². The van der Waals surface area contributed by atoms with E-state index in [2.05, 4.69) is 0 Å². The highest BCUT2D eigenvalue weighted by atomic mass is 35.6. The van der Waals surface area contributed by atoms with Gasteiger partial charge in [-0.3, -0.25) is 0 Å². The molecular weight excluding hydrogens is 139 g/mol. The van der Waals surface area contributed by atoms with Crippen molar-refractivity contribution in [1.82, 2.24) is 0 Å². The molecule has 0 radical (unpaired) electrons. The van der Waals surface area contributed by atoms with Crippen molar-refractivity contribution in [2.45, 2.75) is 4.62 Å². The van der Waals surface area contributed by atoms with Gasteiger partial charge < -0.3 is 0 Å². The molecule has 0 amide bonds. The van der Waals surface area contributed by atoms with Gasteiger partial charge in [0.2, 0.25) is 0 Å². The lowest BCUT2D eigenvalue weighted by Crippen LogP contribution is -2.00. The Hall–Kier alpha value is 1.01. The van der Waals surface area contributed by atoms with Crippen molar-refractivity contribution in [1.29, 1.82) is 0 Å². The van der Waals surface area contributed by atoms with Gasteiger partial charge >= 0.3 is 0 Å². The minimum absolute atomic E-state index is 0.352. The zero-order valence-corrected chi connectivity index (χ0v) is 7.97. The first-order valence-electron chi connectivity index (χ1n) is 1.47. The Bertz CT molecular complexity index is 21.6. The van der Waals surface area contributed by atoms with Gasteiger partial charge in [-0.15, -0.1) is 11.6 Å². The molecule has 0 aromatic carbocycles. The van der Waals surface area contributed by atoms with Crippen molar-refractivity contribution in [3.05, 3.63) is 0 Å². The van der Waals surface area contributed by atoms with Crippen LogP contribution < -0.4 is 0 Å². The second kappa shape index (κ2) is 3.21. The van der Waals surface area contributed by atoms with Crippen molar-refractivity contribution in [3.8, 4) is 0 Å². The van der Waals surface area contributed by atoms with Crippen LogP contribution in [0.4, 0.5) is 0 Å². The topological polar surface area (TPSA) is 0 Å². The van der Waals surface area contributed by atoms with Gasteiger partial charge in [0.25, 0.3) is 0 Å². The molecule has 0 nitrogen and oxygen atoms in total. The minimum Gasteiger partial charge on any atom is -0.175 e. The average Bonchev–Trinajstić information content (AvgIpc) is 1.38. The van der Waals surface area contributed by atoms with E-state index < -0.39 is 0 Å². The van der Waals surface area contributed by atoms with Crippen LogP contribution in [0, 0.1) is 0 Å². The number of hydrogen-bond donors (Lipinski definition) is 0. The Labute approximate surface area is 46.8 Å².